The second-order valence-electron chi connectivity index (χ2n) is 3.84. The zero-order valence-electron chi connectivity index (χ0n) is 9.69. The number of nitrogens with one attached hydrogen (secondary N) is 1. The summed E-state index contributed by atoms with van der Waals surface area (Å²) in [6.45, 7) is 0.00907. The highest BCUT2D eigenvalue weighted by atomic mass is 19.1. The number of ketones is 1. The van der Waals surface area contributed by atoms with Gasteiger partial charge in [0.15, 0.2) is 5.78 Å². The number of nitrogens with two attached hydrogens (primary N) is 1. The molecule has 0 unspecified atom stereocenters. The number of anilines is 2. The van der Waals surface area contributed by atoms with E-state index in [1.807, 2.05) is 0 Å². The highest BCUT2D eigenvalue weighted by Gasteiger charge is 2.09. The van der Waals surface area contributed by atoms with Crippen molar-refractivity contribution in [3.8, 4) is 0 Å². The lowest BCUT2D eigenvalue weighted by molar-refractivity contribution is 0.101. The summed E-state index contributed by atoms with van der Waals surface area (Å²) in [6, 6.07) is 13.0. The van der Waals surface area contributed by atoms with Gasteiger partial charge < -0.3 is 11.1 Å². The Labute approximate surface area is 104 Å². The molecule has 2 aromatic rings. The van der Waals surface area contributed by atoms with E-state index in [2.05, 4.69) is 5.32 Å². The van der Waals surface area contributed by atoms with E-state index in [0.717, 1.165) is 0 Å². The first-order chi connectivity index (χ1) is 8.68. The van der Waals surface area contributed by atoms with Crippen LogP contribution in [0.25, 0.3) is 0 Å². The number of carbonyl (C=O) groups excluding carboxylic acids is 1. The van der Waals surface area contributed by atoms with Crippen LogP contribution in [0.15, 0.2) is 48.5 Å². The molecule has 92 valence electrons. The van der Waals surface area contributed by atoms with E-state index in [4.69, 9.17) is 5.73 Å². The smallest absolute Gasteiger partial charge is 0.183 e. The van der Waals surface area contributed by atoms with Crippen LogP contribution < -0.4 is 11.1 Å². The molecular formula is C14H13FN2O. The molecule has 0 atom stereocenters. The Morgan fingerprint density at radius 3 is 2.50 bits per heavy atom. The van der Waals surface area contributed by atoms with E-state index in [-0.39, 0.29) is 18.1 Å². The first-order valence-corrected chi connectivity index (χ1v) is 5.54. The fourth-order valence-corrected chi connectivity index (χ4v) is 1.63. The molecule has 0 saturated carbocycles. The molecule has 3 N–H and O–H groups in total. The van der Waals surface area contributed by atoms with Gasteiger partial charge in [-0.3, -0.25) is 4.79 Å². The van der Waals surface area contributed by atoms with Gasteiger partial charge in [-0.25, -0.2) is 4.39 Å². The summed E-state index contributed by atoms with van der Waals surface area (Å²) in [5.41, 5.74) is 6.88. The minimum Gasteiger partial charge on any atom is -0.398 e. The number of nitrogen functional groups attached to an aromatic ring is 1. The predicted octanol–water partition coefficient (Wildman–Crippen LogP) is 2.70. The van der Waals surface area contributed by atoms with Gasteiger partial charge in [-0.1, -0.05) is 24.3 Å². The molecular weight excluding hydrogens is 231 g/mol. The van der Waals surface area contributed by atoms with Crippen molar-refractivity contribution in [1.29, 1.82) is 0 Å². The number of carbonyl (C=O) groups is 1. The molecule has 0 fully saturated rings. The molecule has 3 nitrogen and oxygen atoms in total. The minimum absolute atomic E-state index is 0.00907. The first-order valence-electron chi connectivity index (χ1n) is 5.54. The maximum absolute atomic E-state index is 13.3. The summed E-state index contributed by atoms with van der Waals surface area (Å²) in [5, 5.41) is 2.76. The van der Waals surface area contributed by atoms with Crippen LogP contribution in [0.4, 0.5) is 15.8 Å². The van der Waals surface area contributed by atoms with Crippen LogP contribution >= 0.6 is 0 Å². The third-order valence-electron chi connectivity index (χ3n) is 2.57. The van der Waals surface area contributed by atoms with Crippen molar-refractivity contribution in [3.63, 3.8) is 0 Å². The third kappa shape index (κ3) is 2.66. The van der Waals surface area contributed by atoms with E-state index < -0.39 is 0 Å². The maximum Gasteiger partial charge on any atom is 0.183 e. The first kappa shape index (κ1) is 12.1. The van der Waals surface area contributed by atoms with Crippen molar-refractivity contribution in [2.75, 3.05) is 17.6 Å². The highest BCUT2D eigenvalue weighted by Crippen LogP contribution is 2.14. The molecule has 18 heavy (non-hydrogen) atoms. The molecule has 0 heterocycles. The molecule has 0 radical (unpaired) electrons. The quantitative estimate of drug-likeness (QED) is 0.642. The lowest BCUT2D eigenvalue weighted by Crippen LogP contribution is -2.16. The monoisotopic (exact) mass is 244 g/mol. The van der Waals surface area contributed by atoms with Crippen molar-refractivity contribution in [2.24, 2.45) is 0 Å². The molecule has 4 heteroatoms. The number of halogens is 1. The Bertz CT molecular complexity index is 569. The molecule has 0 aliphatic rings. The van der Waals surface area contributed by atoms with Crippen molar-refractivity contribution in [2.45, 2.75) is 0 Å². The topological polar surface area (TPSA) is 55.1 Å². The van der Waals surface area contributed by atoms with E-state index in [9.17, 15) is 9.18 Å². The Morgan fingerprint density at radius 1 is 1.11 bits per heavy atom. The van der Waals surface area contributed by atoms with Crippen LogP contribution in [0.2, 0.25) is 0 Å². The van der Waals surface area contributed by atoms with Crippen LogP contribution in [0.1, 0.15) is 10.4 Å². The van der Waals surface area contributed by atoms with Crippen LogP contribution in [0, 0.1) is 5.82 Å². The number of rotatable bonds is 4. The Morgan fingerprint density at radius 2 is 1.78 bits per heavy atom. The second kappa shape index (κ2) is 5.31. The standard InChI is InChI=1S/C14H13FN2O/c15-11-6-2-4-8-13(11)17-9-14(18)10-5-1-3-7-12(10)16/h1-8,17H,9,16H2. The van der Waals surface area contributed by atoms with E-state index in [1.165, 1.54) is 6.07 Å². The molecule has 0 aliphatic heterocycles. The Kier molecular flexibility index (Phi) is 3.57. The van der Waals surface area contributed by atoms with E-state index >= 15 is 0 Å². The number of Topliss-reactive ketones (excluding diaryl/α,β-unsaturated/α-hetero) is 1. The van der Waals surface area contributed by atoms with Gasteiger partial charge in [0.05, 0.1) is 12.2 Å². The van der Waals surface area contributed by atoms with Crippen molar-refractivity contribution < 1.29 is 9.18 Å². The van der Waals surface area contributed by atoms with Crippen molar-refractivity contribution in [1.82, 2.24) is 0 Å². The highest BCUT2D eigenvalue weighted by molar-refractivity contribution is 6.03. The average Bonchev–Trinajstić information content (AvgIpc) is 2.38. The lowest BCUT2D eigenvalue weighted by Gasteiger charge is -2.08. The molecule has 2 aromatic carbocycles. The molecule has 2 rings (SSSR count). The second-order valence-corrected chi connectivity index (χ2v) is 3.84. The van der Waals surface area contributed by atoms with Gasteiger partial charge in [0, 0.05) is 11.3 Å². The summed E-state index contributed by atoms with van der Waals surface area (Å²) in [7, 11) is 0. The molecule has 0 saturated heterocycles. The minimum atomic E-state index is -0.383. The van der Waals surface area contributed by atoms with Gasteiger partial charge >= 0.3 is 0 Å². The fraction of sp³-hybridized carbons (Fsp3) is 0.0714. The third-order valence-corrected chi connectivity index (χ3v) is 2.57. The van der Waals surface area contributed by atoms with Crippen LogP contribution in [0.3, 0.4) is 0 Å². The fourth-order valence-electron chi connectivity index (χ4n) is 1.63. The molecule has 0 bridgehead atoms. The SMILES string of the molecule is Nc1ccccc1C(=O)CNc1ccccc1F. The van der Waals surface area contributed by atoms with Crippen LogP contribution in [-0.2, 0) is 0 Å². The van der Waals surface area contributed by atoms with Gasteiger partial charge in [0.25, 0.3) is 0 Å². The zero-order valence-corrected chi connectivity index (χ0v) is 9.69. The normalized spacial score (nSPS) is 10.1. The zero-order chi connectivity index (χ0) is 13.0. The molecule has 0 amide bonds. The largest absolute Gasteiger partial charge is 0.398 e. The van der Waals surface area contributed by atoms with Crippen molar-refractivity contribution in [3.05, 3.63) is 59.9 Å². The maximum atomic E-state index is 13.3. The van der Waals surface area contributed by atoms with Gasteiger partial charge in [0.1, 0.15) is 5.82 Å². The molecule has 0 spiro atoms. The summed E-state index contributed by atoms with van der Waals surface area (Å²) in [5.74, 6) is -0.553. The predicted molar refractivity (Wildman–Crippen MR) is 70.1 cm³/mol. The number of hydrogen-bond acceptors (Lipinski definition) is 3. The van der Waals surface area contributed by atoms with Gasteiger partial charge in [-0.05, 0) is 24.3 Å². The summed E-state index contributed by atoms with van der Waals surface area (Å²) < 4.78 is 13.3. The number of benzene rings is 2. The number of para-hydroxylation sites is 2. The average molecular weight is 244 g/mol. The van der Waals surface area contributed by atoms with Gasteiger partial charge in [0.2, 0.25) is 0 Å². The van der Waals surface area contributed by atoms with E-state index in [0.29, 0.717) is 16.9 Å². The van der Waals surface area contributed by atoms with Crippen molar-refractivity contribution >= 4 is 17.2 Å². The van der Waals surface area contributed by atoms with Crippen LogP contribution in [-0.4, -0.2) is 12.3 Å². The van der Waals surface area contributed by atoms with Crippen LogP contribution in [0.5, 0.6) is 0 Å². The summed E-state index contributed by atoms with van der Waals surface area (Å²) in [4.78, 5) is 11.9. The number of hydrogen-bond donors (Lipinski definition) is 2. The summed E-state index contributed by atoms with van der Waals surface area (Å²) in [6.07, 6.45) is 0. The lowest BCUT2D eigenvalue weighted by atomic mass is 10.1. The van der Waals surface area contributed by atoms with Gasteiger partial charge in [-0.2, -0.15) is 0 Å². The molecule has 0 aromatic heterocycles. The Balaban J connectivity index is 2.06. The molecule has 0 aliphatic carbocycles. The van der Waals surface area contributed by atoms with Gasteiger partial charge in [-0.15, -0.1) is 0 Å². The summed E-state index contributed by atoms with van der Waals surface area (Å²) >= 11 is 0. The Hall–Kier alpha value is -2.36. The van der Waals surface area contributed by atoms with E-state index in [1.54, 1.807) is 42.5 Å².